The van der Waals surface area contributed by atoms with Gasteiger partial charge in [0.1, 0.15) is 0 Å². The molecule has 0 aliphatic heterocycles. The summed E-state index contributed by atoms with van der Waals surface area (Å²) >= 11 is 0. The van der Waals surface area contributed by atoms with Gasteiger partial charge in [0, 0.05) is 12.6 Å². The third-order valence-electron chi connectivity index (χ3n) is 4.37. The first-order valence-electron chi connectivity index (χ1n) is 9.45. The van der Waals surface area contributed by atoms with E-state index in [-0.39, 0.29) is 5.82 Å². The molecule has 0 aromatic carbocycles. The highest BCUT2D eigenvalue weighted by Crippen LogP contribution is 2.22. The van der Waals surface area contributed by atoms with Gasteiger partial charge in [-0.3, -0.25) is 0 Å². The molecule has 4 heteroatoms. The first-order chi connectivity index (χ1) is 11.2. The van der Waals surface area contributed by atoms with Crippen molar-refractivity contribution in [3.63, 3.8) is 0 Å². The van der Waals surface area contributed by atoms with Crippen molar-refractivity contribution >= 4 is 5.95 Å². The molecule has 0 aliphatic rings. The summed E-state index contributed by atoms with van der Waals surface area (Å²) < 4.78 is 13.7. The number of hydrogen-bond donors (Lipinski definition) is 0. The zero-order valence-electron chi connectivity index (χ0n) is 15.4. The second kappa shape index (κ2) is 11.4. The Bertz CT molecular complexity index is 429. The highest BCUT2D eigenvalue weighted by Gasteiger charge is 2.21. The minimum absolute atomic E-state index is 0.287. The second-order valence-electron chi connectivity index (χ2n) is 6.30. The minimum Gasteiger partial charge on any atom is -0.338 e. The maximum Gasteiger partial charge on any atom is 0.225 e. The van der Waals surface area contributed by atoms with Crippen molar-refractivity contribution in [1.29, 1.82) is 0 Å². The molecular formula is C19H34FN3. The van der Waals surface area contributed by atoms with Gasteiger partial charge in [-0.1, -0.05) is 59.8 Å². The lowest BCUT2D eigenvalue weighted by Gasteiger charge is -2.32. The molecule has 1 aromatic rings. The quantitative estimate of drug-likeness (QED) is 0.506. The summed E-state index contributed by atoms with van der Waals surface area (Å²) in [5.74, 6) is 0.430. The maximum absolute atomic E-state index is 13.7. The fraction of sp³-hybridized carbons (Fsp3) is 0.789. The van der Waals surface area contributed by atoms with Crippen LogP contribution in [0.3, 0.4) is 0 Å². The van der Waals surface area contributed by atoms with Crippen LogP contribution in [0.4, 0.5) is 10.3 Å². The Morgan fingerprint density at radius 3 is 2.13 bits per heavy atom. The normalized spacial score (nSPS) is 11.2. The molecule has 3 nitrogen and oxygen atoms in total. The van der Waals surface area contributed by atoms with Crippen molar-refractivity contribution in [1.82, 2.24) is 9.97 Å². The molecule has 0 aliphatic carbocycles. The second-order valence-corrected chi connectivity index (χ2v) is 6.30. The third kappa shape index (κ3) is 6.44. The molecule has 0 bridgehead atoms. The number of unbranched alkanes of at least 4 members (excludes halogenated alkanes) is 3. The topological polar surface area (TPSA) is 29.0 Å². The van der Waals surface area contributed by atoms with Crippen molar-refractivity contribution in [3.05, 3.63) is 17.7 Å². The number of rotatable bonds is 12. The summed E-state index contributed by atoms with van der Waals surface area (Å²) in [4.78, 5) is 11.2. The van der Waals surface area contributed by atoms with Crippen molar-refractivity contribution in [2.45, 2.75) is 91.5 Å². The first-order valence-corrected chi connectivity index (χ1v) is 9.45. The zero-order valence-corrected chi connectivity index (χ0v) is 15.4. The van der Waals surface area contributed by atoms with E-state index in [1.54, 1.807) is 0 Å². The van der Waals surface area contributed by atoms with Crippen LogP contribution < -0.4 is 4.90 Å². The summed E-state index contributed by atoms with van der Waals surface area (Å²) in [7, 11) is 0. The molecule has 0 spiro atoms. The molecule has 0 saturated carbocycles. The molecular weight excluding hydrogens is 289 g/mol. The largest absolute Gasteiger partial charge is 0.338 e. The summed E-state index contributed by atoms with van der Waals surface area (Å²) in [6.45, 7) is 9.57. The van der Waals surface area contributed by atoms with Crippen LogP contribution >= 0.6 is 0 Å². The van der Waals surface area contributed by atoms with Gasteiger partial charge >= 0.3 is 0 Å². The number of hydrogen-bond acceptors (Lipinski definition) is 3. The molecule has 0 N–H and O–H groups in total. The number of aryl methyl sites for hydroxylation is 1. The standard InChI is InChI=1S/C19H34FN3/c1-5-9-12-16(13-10-6-2)23(14-11-7-3)19-21-15-17(20)18(8-4)22-19/h15-16H,5-14H2,1-4H3. The van der Waals surface area contributed by atoms with Gasteiger partial charge in [-0.15, -0.1) is 0 Å². The van der Waals surface area contributed by atoms with Crippen LogP contribution in [0, 0.1) is 5.82 Å². The van der Waals surface area contributed by atoms with Gasteiger partial charge < -0.3 is 4.90 Å². The fourth-order valence-corrected chi connectivity index (χ4v) is 2.89. The molecule has 23 heavy (non-hydrogen) atoms. The van der Waals surface area contributed by atoms with Gasteiger partial charge in [0.15, 0.2) is 5.82 Å². The molecule has 0 unspecified atom stereocenters. The van der Waals surface area contributed by atoms with E-state index >= 15 is 0 Å². The molecule has 132 valence electrons. The van der Waals surface area contributed by atoms with E-state index < -0.39 is 0 Å². The Hall–Kier alpha value is -1.19. The van der Waals surface area contributed by atoms with Crippen LogP contribution in [0.15, 0.2) is 6.20 Å². The molecule has 1 aromatic heterocycles. The number of aromatic nitrogens is 2. The van der Waals surface area contributed by atoms with Crippen LogP contribution in [-0.2, 0) is 6.42 Å². The average Bonchev–Trinajstić information content (AvgIpc) is 2.57. The molecule has 0 fully saturated rings. The van der Waals surface area contributed by atoms with E-state index in [1.165, 1.54) is 44.7 Å². The van der Waals surface area contributed by atoms with Gasteiger partial charge in [-0.05, 0) is 25.7 Å². The van der Waals surface area contributed by atoms with Crippen molar-refractivity contribution in [3.8, 4) is 0 Å². The van der Waals surface area contributed by atoms with Crippen molar-refractivity contribution in [2.75, 3.05) is 11.4 Å². The minimum atomic E-state index is -0.287. The summed E-state index contributed by atoms with van der Waals surface area (Å²) in [5, 5.41) is 0. The Labute approximate surface area is 141 Å². The first kappa shape index (κ1) is 19.9. The van der Waals surface area contributed by atoms with E-state index in [4.69, 9.17) is 0 Å². The lowest BCUT2D eigenvalue weighted by molar-refractivity contribution is 0.466. The Morgan fingerprint density at radius 2 is 1.61 bits per heavy atom. The summed E-state index contributed by atoms with van der Waals surface area (Å²) in [6, 6.07) is 0.469. The monoisotopic (exact) mass is 323 g/mol. The van der Waals surface area contributed by atoms with E-state index in [0.717, 1.165) is 19.4 Å². The average molecular weight is 324 g/mol. The van der Waals surface area contributed by atoms with Crippen LogP contribution in [-0.4, -0.2) is 22.6 Å². The van der Waals surface area contributed by atoms with Gasteiger partial charge in [0.05, 0.1) is 11.9 Å². The van der Waals surface area contributed by atoms with E-state index in [1.807, 2.05) is 6.92 Å². The summed E-state index contributed by atoms with van der Waals surface area (Å²) in [6.07, 6.45) is 11.4. The smallest absolute Gasteiger partial charge is 0.225 e. The molecule has 0 saturated heterocycles. The van der Waals surface area contributed by atoms with E-state index in [2.05, 4.69) is 35.6 Å². The Morgan fingerprint density at radius 1 is 1.00 bits per heavy atom. The molecule has 0 radical (unpaired) electrons. The molecule has 0 amide bonds. The predicted molar refractivity (Wildman–Crippen MR) is 96.5 cm³/mol. The lowest BCUT2D eigenvalue weighted by Crippen LogP contribution is -2.38. The Balaban J connectivity index is 3.02. The van der Waals surface area contributed by atoms with E-state index in [9.17, 15) is 4.39 Å². The Kier molecular flexibility index (Phi) is 9.81. The predicted octanol–water partition coefficient (Wildman–Crippen LogP) is 5.53. The van der Waals surface area contributed by atoms with Crippen molar-refractivity contribution < 1.29 is 4.39 Å². The fourth-order valence-electron chi connectivity index (χ4n) is 2.89. The highest BCUT2D eigenvalue weighted by atomic mass is 19.1. The zero-order chi connectivity index (χ0) is 17.1. The van der Waals surface area contributed by atoms with Crippen LogP contribution in [0.25, 0.3) is 0 Å². The van der Waals surface area contributed by atoms with E-state index in [0.29, 0.717) is 24.1 Å². The van der Waals surface area contributed by atoms with Gasteiger partial charge in [-0.2, -0.15) is 0 Å². The summed E-state index contributed by atoms with van der Waals surface area (Å²) in [5.41, 5.74) is 0.529. The number of nitrogens with zero attached hydrogens (tertiary/aromatic N) is 3. The van der Waals surface area contributed by atoms with Crippen LogP contribution in [0.5, 0.6) is 0 Å². The van der Waals surface area contributed by atoms with Gasteiger partial charge in [-0.25, -0.2) is 14.4 Å². The maximum atomic E-state index is 13.7. The van der Waals surface area contributed by atoms with Crippen molar-refractivity contribution in [2.24, 2.45) is 0 Å². The number of halogens is 1. The number of anilines is 1. The molecule has 1 rings (SSSR count). The SMILES string of the molecule is CCCCC(CCCC)N(CCCC)c1ncc(F)c(CC)n1. The molecule has 0 atom stereocenters. The lowest BCUT2D eigenvalue weighted by atomic mass is 10.0. The van der Waals surface area contributed by atoms with Gasteiger partial charge in [0.25, 0.3) is 0 Å². The highest BCUT2D eigenvalue weighted by molar-refractivity contribution is 5.32. The third-order valence-corrected chi connectivity index (χ3v) is 4.37. The molecule has 1 heterocycles. The van der Waals surface area contributed by atoms with Crippen LogP contribution in [0.1, 0.15) is 84.8 Å². The van der Waals surface area contributed by atoms with Gasteiger partial charge in [0.2, 0.25) is 5.95 Å². The van der Waals surface area contributed by atoms with Crippen LogP contribution in [0.2, 0.25) is 0 Å².